The molecule has 3 aromatic rings. The zero-order valence-corrected chi connectivity index (χ0v) is 35.4. The molecule has 49 heavy (non-hydrogen) atoms. The summed E-state index contributed by atoms with van der Waals surface area (Å²) in [6, 6.07) is 32.2. The zero-order valence-electron chi connectivity index (χ0n) is 33.8. The van der Waals surface area contributed by atoms with E-state index in [9.17, 15) is 13.0 Å². The van der Waals surface area contributed by atoms with Crippen LogP contribution in [0.1, 0.15) is 129 Å². The molecule has 0 saturated carbocycles. The molecule has 3 rings (SSSR count). The van der Waals surface area contributed by atoms with Crippen LogP contribution in [0.2, 0.25) is 0 Å². The van der Waals surface area contributed by atoms with Crippen molar-refractivity contribution in [2.45, 2.75) is 154 Å². The summed E-state index contributed by atoms with van der Waals surface area (Å²) in [4.78, 5) is 4.08. The number of hydrogen-bond donors (Lipinski definition) is 0. The first-order valence-corrected chi connectivity index (χ1v) is 20.8. The second-order valence-electron chi connectivity index (χ2n) is 11.8. The van der Waals surface area contributed by atoms with E-state index in [2.05, 4.69) is 105 Å². The molecule has 0 N–H and O–H groups in total. The molecule has 7 heteroatoms. The topological polar surface area (TPSA) is 75.7 Å². The Bertz CT molecular complexity index is 1150. The normalized spacial score (nSPS) is 11.0. The SMILES string of the molecule is CC.CC.CC.CCCCC(C)(C)C(C)(C)S(=O)(=O)[O-].CCCCC(C)(OC)OC.c1ccc([S+](c2ccccc2)c2ccccc2)cc1. The van der Waals surface area contributed by atoms with Crippen LogP contribution in [0.15, 0.2) is 106 Å². The van der Waals surface area contributed by atoms with Crippen molar-refractivity contribution in [1.82, 2.24) is 0 Å². The zero-order chi connectivity index (χ0) is 38.6. The molecule has 0 aliphatic carbocycles. The Kier molecular flexibility index (Phi) is 29.8. The molecule has 0 heterocycles. The van der Waals surface area contributed by atoms with Crippen LogP contribution >= 0.6 is 0 Å². The van der Waals surface area contributed by atoms with Gasteiger partial charge in [0, 0.05) is 20.6 Å². The summed E-state index contributed by atoms with van der Waals surface area (Å²) in [6.07, 6.45) is 6.03. The van der Waals surface area contributed by atoms with Crippen LogP contribution in [-0.2, 0) is 30.5 Å². The average Bonchev–Trinajstić information content (AvgIpc) is 3.14. The molecule has 0 saturated heterocycles. The third kappa shape index (κ3) is 19.1. The van der Waals surface area contributed by atoms with Crippen molar-refractivity contribution in [3.63, 3.8) is 0 Å². The number of unbranched alkanes of at least 4 members (excludes halogenated alkanes) is 2. The van der Waals surface area contributed by atoms with Crippen LogP contribution in [0, 0.1) is 5.41 Å². The highest BCUT2D eigenvalue weighted by atomic mass is 32.2. The Morgan fingerprint density at radius 2 is 0.857 bits per heavy atom. The number of hydrogen-bond acceptors (Lipinski definition) is 5. The standard InChI is InChI=1S/C18H15S.C10H22O3S.C8H18O2.3C2H6/c1-4-10-16(11-5-1)19(17-12-6-2-7-13-17)18-14-8-3-9-15-18;1-6-7-8-9(2,3)10(4,5)14(11,12)13;1-5-6-7-8(2,9-3)10-4;3*1-2/h1-15H;6-8H2,1-5H3,(H,11,12,13);5-7H2,1-4H3;3*1-2H3/q+1;;;;;/p-1. The first-order valence-electron chi connectivity index (χ1n) is 18.1. The molecule has 282 valence electrons. The van der Waals surface area contributed by atoms with Crippen LogP contribution in [0.5, 0.6) is 0 Å². The molecule has 3 aromatic carbocycles. The van der Waals surface area contributed by atoms with E-state index in [1.165, 1.54) is 35.0 Å². The summed E-state index contributed by atoms with van der Waals surface area (Å²) in [5, 5.41) is 0. The Morgan fingerprint density at radius 3 is 1.10 bits per heavy atom. The van der Waals surface area contributed by atoms with E-state index in [0.717, 1.165) is 32.1 Å². The van der Waals surface area contributed by atoms with Gasteiger partial charge >= 0.3 is 0 Å². The highest BCUT2D eigenvalue weighted by molar-refractivity contribution is 7.97. The maximum atomic E-state index is 11.1. The van der Waals surface area contributed by atoms with Gasteiger partial charge in [-0.2, -0.15) is 0 Å². The largest absolute Gasteiger partial charge is 0.748 e. The van der Waals surface area contributed by atoms with Crippen molar-refractivity contribution in [3.05, 3.63) is 91.0 Å². The van der Waals surface area contributed by atoms with Gasteiger partial charge in [0.1, 0.15) is 10.1 Å². The van der Waals surface area contributed by atoms with Crippen molar-refractivity contribution in [2.75, 3.05) is 14.2 Å². The minimum Gasteiger partial charge on any atom is -0.748 e. The lowest BCUT2D eigenvalue weighted by Gasteiger charge is -2.43. The average molecular weight is 721 g/mol. The maximum absolute atomic E-state index is 11.1. The summed E-state index contributed by atoms with van der Waals surface area (Å²) in [5.41, 5.74) is -0.469. The predicted molar refractivity (Wildman–Crippen MR) is 215 cm³/mol. The van der Waals surface area contributed by atoms with Gasteiger partial charge < -0.3 is 14.0 Å². The molecule has 0 aromatic heterocycles. The fraction of sp³-hybridized carbons (Fsp3) is 0.571. The molecule has 0 atom stereocenters. The predicted octanol–water partition coefficient (Wildman–Crippen LogP) is 12.6. The first-order chi connectivity index (χ1) is 23.2. The Labute approximate surface area is 306 Å². The molecule has 0 aliphatic rings. The molecule has 5 nitrogen and oxygen atoms in total. The van der Waals surface area contributed by atoms with Gasteiger partial charge in [0.15, 0.2) is 20.5 Å². The highest BCUT2D eigenvalue weighted by Gasteiger charge is 2.41. The van der Waals surface area contributed by atoms with Crippen LogP contribution in [0.25, 0.3) is 0 Å². The molecule has 0 fully saturated rings. The summed E-state index contributed by atoms with van der Waals surface area (Å²) in [6.45, 7) is 24.9. The number of methoxy groups -OCH3 is 2. The molecule has 0 amide bonds. The quantitative estimate of drug-likeness (QED) is 0.0998. The highest BCUT2D eigenvalue weighted by Crippen LogP contribution is 2.40. The van der Waals surface area contributed by atoms with Gasteiger partial charge in [-0.15, -0.1) is 0 Å². The van der Waals surface area contributed by atoms with E-state index >= 15 is 0 Å². The van der Waals surface area contributed by atoms with Crippen molar-refractivity contribution in [3.8, 4) is 0 Å². The molecular formula is C42H72O5S2. The van der Waals surface area contributed by atoms with Crippen molar-refractivity contribution in [1.29, 1.82) is 0 Å². The molecule has 0 aliphatic heterocycles. The Balaban J connectivity index is -0.000000628. The smallest absolute Gasteiger partial charge is 0.166 e. The molecule has 0 unspecified atom stereocenters. The molecular weight excluding hydrogens is 649 g/mol. The van der Waals surface area contributed by atoms with Gasteiger partial charge in [0.25, 0.3) is 0 Å². The maximum Gasteiger partial charge on any atom is 0.166 e. The third-order valence-corrected chi connectivity index (χ3v) is 12.2. The minimum atomic E-state index is -4.24. The molecule has 0 bridgehead atoms. The van der Waals surface area contributed by atoms with E-state index in [1.54, 1.807) is 14.2 Å². The van der Waals surface area contributed by atoms with E-state index in [-0.39, 0.29) is 16.7 Å². The number of ether oxygens (including phenoxy) is 2. The molecule has 0 spiro atoms. The van der Waals surface area contributed by atoms with E-state index in [4.69, 9.17) is 9.47 Å². The van der Waals surface area contributed by atoms with E-state index in [0.29, 0.717) is 0 Å². The summed E-state index contributed by atoms with van der Waals surface area (Å²) < 4.78 is 42.5. The van der Waals surface area contributed by atoms with Crippen molar-refractivity contribution in [2.24, 2.45) is 5.41 Å². The van der Waals surface area contributed by atoms with Gasteiger partial charge in [-0.1, -0.05) is 143 Å². The number of rotatable bonds is 13. The lowest BCUT2D eigenvalue weighted by molar-refractivity contribution is -0.197. The van der Waals surface area contributed by atoms with E-state index < -0.39 is 20.3 Å². The second kappa shape index (κ2) is 28.5. The van der Waals surface area contributed by atoms with E-state index in [1.807, 2.05) is 62.3 Å². The van der Waals surface area contributed by atoms with Gasteiger partial charge in [-0.3, -0.25) is 0 Å². The summed E-state index contributed by atoms with van der Waals surface area (Å²) >= 11 is 0. The van der Waals surface area contributed by atoms with Crippen LogP contribution < -0.4 is 0 Å². The fourth-order valence-electron chi connectivity index (χ4n) is 4.12. The lowest BCUT2D eigenvalue weighted by atomic mass is 9.76. The van der Waals surface area contributed by atoms with Crippen LogP contribution in [0.4, 0.5) is 0 Å². The first kappa shape index (κ1) is 51.2. The van der Waals surface area contributed by atoms with Gasteiger partial charge in [0.05, 0.1) is 15.6 Å². The minimum absolute atomic E-state index is 0.0146. The van der Waals surface area contributed by atoms with Crippen LogP contribution in [-0.4, -0.2) is 37.7 Å². The number of benzene rings is 3. The summed E-state index contributed by atoms with van der Waals surface area (Å²) in [5.74, 6) is -0.365. The Hall–Kier alpha value is -2.16. The van der Waals surface area contributed by atoms with Gasteiger partial charge in [0.2, 0.25) is 0 Å². The Morgan fingerprint density at radius 1 is 0.571 bits per heavy atom. The summed E-state index contributed by atoms with van der Waals surface area (Å²) in [7, 11) is -0.896. The van der Waals surface area contributed by atoms with Crippen LogP contribution in [0.3, 0.4) is 0 Å². The van der Waals surface area contributed by atoms with Crippen molar-refractivity contribution >= 4 is 21.0 Å². The van der Waals surface area contributed by atoms with Gasteiger partial charge in [-0.25, -0.2) is 8.42 Å². The monoisotopic (exact) mass is 720 g/mol. The lowest BCUT2D eigenvalue weighted by Crippen LogP contribution is -2.45. The van der Waals surface area contributed by atoms with Crippen molar-refractivity contribution < 1.29 is 22.4 Å². The molecule has 0 radical (unpaired) electrons. The van der Waals surface area contributed by atoms with Gasteiger partial charge in [-0.05, 0) is 75.4 Å². The fourth-order valence-corrected chi connectivity index (χ4v) is 7.00. The second-order valence-corrected chi connectivity index (χ2v) is 15.8. The third-order valence-electron chi connectivity index (χ3n) is 8.19.